The smallest absolute Gasteiger partial charge is 0.260 e. The van der Waals surface area contributed by atoms with Crippen LogP contribution in [0.5, 0.6) is 0 Å². The zero-order valence-electron chi connectivity index (χ0n) is 7.59. The summed E-state index contributed by atoms with van der Waals surface area (Å²) in [5.74, 6) is 0.327. The molecule has 0 aliphatic rings. The van der Waals surface area contributed by atoms with E-state index in [1.165, 1.54) is 6.20 Å². The molecule has 0 amide bonds. The summed E-state index contributed by atoms with van der Waals surface area (Å²) < 4.78 is 23.6. The predicted molar refractivity (Wildman–Crippen MR) is 48.5 cm³/mol. The van der Waals surface area contributed by atoms with E-state index in [2.05, 4.69) is 4.98 Å². The summed E-state index contributed by atoms with van der Waals surface area (Å²) in [6.45, 7) is 4.02. The van der Waals surface area contributed by atoms with Crippen molar-refractivity contribution in [1.82, 2.24) is 4.98 Å². The van der Waals surface area contributed by atoms with Crippen molar-refractivity contribution >= 4 is 6.08 Å². The Hall–Kier alpha value is -1.25. The highest BCUT2D eigenvalue weighted by Gasteiger charge is 1.99. The molecule has 0 aromatic carbocycles. The molecule has 0 N–H and O–H groups in total. The lowest BCUT2D eigenvalue weighted by molar-refractivity contribution is 0.429. The second-order valence-corrected chi connectivity index (χ2v) is 3.11. The van der Waals surface area contributed by atoms with E-state index in [1.54, 1.807) is 12.1 Å². The second-order valence-electron chi connectivity index (χ2n) is 3.11. The summed E-state index contributed by atoms with van der Waals surface area (Å²) in [5.41, 5.74) is 1.35. The van der Waals surface area contributed by atoms with Crippen LogP contribution in [0.4, 0.5) is 8.78 Å². The standard InChI is InChI=1S/C10H11F2N/c1-7(2)9-4-3-8(6-13-9)5-10(11)12/h3-7H,1-2H3. The monoisotopic (exact) mass is 183 g/mol. The summed E-state index contributed by atoms with van der Waals surface area (Å²) in [7, 11) is 0. The second kappa shape index (κ2) is 4.12. The SMILES string of the molecule is CC(C)c1ccc(C=C(F)F)cn1. The third kappa shape index (κ3) is 2.93. The normalized spacial score (nSPS) is 10.2. The first-order valence-corrected chi connectivity index (χ1v) is 4.08. The van der Waals surface area contributed by atoms with Gasteiger partial charge in [0.05, 0.1) is 0 Å². The molecule has 1 heterocycles. The maximum absolute atomic E-state index is 11.8. The maximum Gasteiger partial charge on any atom is 0.270 e. The van der Waals surface area contributed by atoms with Crippen molar-refractivity contribution in [3.63, 3.8) is 0 Å². The van der Waals surface area contributed by atoms with Gasteiger partial charge in [0.25, 0.3) is 6.08 Å². The van der Waals surface area contributed by atoms with Crippen molar-refractivity contribution in [3.8, 4) is 0 Å². The Morgan fingerprint density at radius 2 is 2.08 bits per heavy atom. The first kappa shape index (κ1) is 9.84. The third-order valence-electron chi connectivity index (χ3n) is 1.68. The highest BCUT2D eigenvalue weighted by Crippen LogP contribution is 2.13. The quantitative estimate of drug-likeness (QED) is 0.684. The van der Waals surface area contributed by atoms with Gasteiger partial charge >= 0.3 is 0 Å². The average molecular weight is 183 g/mol. The Morgan fingerprint density at radius 3 is 2.46 bits per heavy atom. The highest BCUT2D eigenvalue weighted by atomic mass is 19.3. The predicted octanol–water partition coefficient (Wildman–Crippen LogP) is 3.44. The molecule has 0 saturated heterocycles. The topological polar surface area (TPSA) is 12.9 Å². The minimum atomic E-state index is -1.70. The van der Waals surface area contributed by atoms with Crippen molar-refractivity contribution in [1.29, 1.82) is 0 Å². The van der Waals surface area contributed by atoms with E-state index < -0.39 is 6.08 Å². The molecule has 0 bridgehead atoms. The molecule has 1 rings (SSSR count). The van der Waals surface area contributed by atoms with Crippen LogP contribution < -0.4 is 0 Å². The molecule has 3 heteroatoms. The van der Waals surface area contributed by atoms with Crippen LogP contribution in [0.3, 0.4) is 0 Å². The van der Waals surface area contributed by atoms with Crippen LogP contribution in [0.1, 0.15) is 31.0 Å². The molecule has 1 aromatic rings. The van der Waals surface area contributed by atoms with Gasteiger partial charge in [0.15, 0.2) is 0 Å². The number of rotatable bonds is 2. The van der Waals surface area contributed by atoms with Gasteiger partial charge in [0, 0.05) is 18.0 Å². The third-order valence-corrected chi connectivity index (χ3v) is 1.68. The number of aromatic nitrogens is 1. The molecule has 0 aliphatic heterocycles. The lowest BCUT2D eigenvalue weighted by atomic mass is 10.1. The van der Waals surface area contributed by atoms with E-state index in [0.29, 0.717) is 11.5 Å². The van der Waals surface area contributed by atoms with Gasteiger partial charge in [-0.15, -0.1) is 0 Å². The van der Waals surface area contributed by atoms with Gasteiger partial charge < -0.3 is 0 Å². The number of hydrogen-bond acceptors (Lipinski definition) is 1. The van der Waals surface area contributed by atoms with Crippen LogP contribution in [0, 0.1) is 0 Å². The van der Waals surface area contributed by atoms with Gasteiger partial charge in [-0.25, -0.2) is 0 Å². The minimum Gasteiger partial charge on any atom is -0.260 e. The first-order chi connectivity index (χ1) is 6.09. The zero-order chi connectivity index (χ0) is 9.84. The van der Waals surface area contributed by atoms with E-state index >= 15 is 0 Å². The molecular weight excluding hydrogens is 172 g/mol. The van der Waals surface area contributed by atoms with E-state index in [9.17, 15) is 8.78 Å². The largest absolute Gasteiger partial charge is 0.270 e. The Balaban J connectivity index is 2.88. The molecule has 0 radical (unpaired) electrons. The Labute approximate surface area is 76.1 Å². The van der Waals surface area contributed by atoms with Crippen LogP contribution in [0.25, 0.3) is 6.08 Å². The van der Waals surface area contributed by atoms with Crippen molar-refractivity contribution in [2.24, 2.45) is 0 Å². The van der Waals surface area contributed by atoms with Gasteiger partial charge in [-0.05, 0) is 17.5 Å². The van der Waals surface area contributed by atoms with Crippen LogP contribution in [0.15, 0.2) is 24.4 Å². The fraction of sp³-hybridized carbons (Fsp3) is 0.300. The fourth-order valence-electron chi connectivity index (χ4n) is 0.970. The summed E-state index contributed by atoms with van der Waals surface area (Å²) in [6.07, 6.45) is 0.560. The molecule has 1 aromatic heterocycles. The molecule has 0 unspecified atom stereocenters. The van der Waals surface area contributed by atoms with E-state index in [-0.39, 0.29) is 0 Å². The van der Waals surface area contributed by atoms with Crippen LogP contribution in [-0.4, -0.2) is 4.98 Å². The lowest BCUT2D eigenvalue weighted by Gasteiger charge is -2.02. The lowest BCUT2D eigenvalue weighted by Crippen LogP contribution is -1.91. The molecule has 0 saturated carbocycles. The number of halogens is 2. The molecule has 13 heavy (non-hydrogen) atoms. The molecule has 0 spiro atoms. The Morgan fingerprint density at radius 1 is 1.38 bits per heavy atom. The van der Waals surface area contributed by atoms with Gasteiger partial charge in [0.2, 0.25) is 0 Å². The molecular formula is C10H11F2N. The van der Waals surface area contributed by atoms with Crippen molar-refractivity contribution in [2.75, 3.05) is 0 Å². The van der Waals surface area contributed by atoms with E-state index in [1.807, 2.05) is 13.8 Å². The van der Waals surface area contributed by atoms with Gasteiger partial charge in [-0.3, -0.25) is 4.98 Å². The van der Waals surface area contributed by atoms with E-state index in [0.717, 1.165) is 11.8 Å². The summed E-state index contributed by atoms with van der Waals surface area (Å²) in [4.78, 5) is 4.05. The van der Waals surface area contributed by atoms with Gasteiger partial charge in [-0.1, -0.05) is 19.9 Å². The summed E-state index contributed by atoms with van der Waals surface area (Å²) >= 11 is 0. The van der Waals surface area contributed by atoms with Crippen molar-refractivity contribution < 1.29 is 8.78 Å². The van der Waals surface area contributed by atoms with Gasteiger partial charge in [-0.2, -0.15) is 8.78 Å². The van der Waals surface area contributed by atoms with Crippen molar-refractivity contribution in [2.45, 2.75) is 19.8 Å². The van der Waals surface area contributed by atoms with Crippen LogP contribution in [-0.2, 0) is 0 Å². The summed E-state index contributed by atoms with van der Waals surface area (Å²) in [6, 6.07) is 3.40. The van der Waals surface area contributed by atoms with Gasteiger partial charge in [0.1, 0.15) is 0 Å². The Bertz CT molecular complexity index is 297. The summed E-state index contributed by atoms with van der Waals surface area (Å²) in [5, 5.41) is 0. The number of nitrogens with zero attached hydrogens (tertiary/aromatic N) is 1. The molecule has 0 atom stereocenters. The number of hydrogen-bond donors (Lipinski definition) is 0. The molecule has 1 nitrogen and oxygen atoms in total. The van der Waals surface area contributed by atoms with Crippen molar-refractivity contribution in [3.05, 3.63) is 35.7 Å². The number of pyridine rings is 1. The molecule has 0 fully saturated rings. The van der Waals surface area contributed by atoms with E-state index in [4.69, 9.17) is 0 Å². The fourth-order valence-corrected chi connectivity index (χ4v) is 0.970. The zero-order valence-corrected chi connectivity index (χ0v) is 7.59. The average Bonchev–Trinajstić information content (AvgIpc) is 2.04. The Kier molecular flexibility index (Phi) is 3.12. The highest BCUT2D eigenvalue weighted by molar-refractivity contribution is 5.48. The molecule has 70 valence electrons. The minimum absolute atomic E-state index is 0.327. The maximum atomic E-state index is 11.8. The molecule has 0 aliphatic carbocycles. The van der Waals surface area contributed by atoms with Crippen LogP contribution >= 0.6 is 0 Å². The van der Waals surface area contributed by atoms with Crippen LogP contribution in [0.2, 0.25) is 0 Å². The first-order valence-electron chi connectivity index (χ1n) is 4.08.